The summed E-state index contributed by atoms with van der Waals surface area (Å²) in [6, 6.07) is -1.09. The van der Waals surface area contributed by atoms with E-state index in [1.165, 1.54) is 9.80 Å². The molecular formula is C22H36N2O6. The Labute approximate surface area is 179 Å². The van der Waals surface area contributed by atoms with Gasteiger partial charge in [-0.25, -0.2) is 9.59 Å². The average Bonchev–Trinajstić information content (AvgIpc) is 3.25. The van der Waals surface area contributed by atoms with Crippen LogP contribution in [0.4, 0.5) is 9.59 Å². The number of carbonyl (C=O) groups is 4. The Bertz CT molecular complexity index is 618. The molecule has 0 aromatic rings. The van der Waals surface area contributed by atoms with Crippen LogP contribution in [0.1, 0.15) is 80.1 Å². The quantitative estimate of drug-likeness (QED) is 0.668. The molecule has 0 unspecified atom stereocenters. The standard InChI is InChI=1S/C22H36N2O6/c1-21(2,3)29-19(27)23-13-7-9-15(23)17(25)11-12-18(26)16-10-8-14-24(16)20(28)30-22(4,5)6/h15-16H,7-14H2,1-6H3/t15-,16-/m0/s1. The third kappa shape index (κ3) is 6.71. The topological polar surface area (TPSA) is 93.2 Å². The number of ketones is 2. The molecule has 2 amide bonds. The van der Waals surface area contributed by atoms with Gasteiger partial charge >= 0.3 is 12.2 Å². The van der Waals surface area contributed by atoms with Crippen molar-refractivity contribution in [2.24, 2.45) is 0 Å². The van der Waals surface area contributed by atoms with Crippen LogP contribution in [0.3, 0.4) is 0 Å². The maximum atomic E-state index is 12.7. The molecule has 0 saturated carbocycles. The molecule has 170 valence electrons. The molecule has 0 aromatic heterocycles. The fraction of sp³-hybridized carbons (Fsp3) is 0.818. The second kappa shape index (κ2) is 9.35. The van der Waals surface area contributed by atoms with E-state index in [1.807, 2.05) is 0 Å². The Morgan fingerprint density at radius 1 is 0.700 bits per heavy atom. The summed E-state index contributed by atoms with van der Waals surface area (Å²) < 4.78 is 10.8. The zero-order chi connectivity index (χ0) is 22.7. The lowest BCUT2D eigenvalue weighted by Gasteiger charge is -2.29. The molecule has 0 spiro atoms. The first kappa shape index (κ1) is 24.2. The normalized spacial score (nSPS) is 22.2. The van der Waals surface area contributed by atoms with Gasteiger partial charge in [0.1, 0.15) is 11.2 Å². The van der Waals surface area contributed by atoms with Gasteiger partial charge in [0.2, 0.25) is 0 Å². The van der Waals surface area contributed by atoms with Gasteiger partial charge in [0.05, 0.1) is 12.1 Å². The number of likely N-dealkylation sites (tertiary alicyclic amines) is 2. The van der Waals surface area contributed by atoms with E-state index in [0.29, 0.717) is 25.9 Å². The van der Waals surface area contributed by atoms with E-state index in [4.69, 9.17) is 9.47 Å². The SMILES string of the molecule is CC(C)(C)OC(=O)N1CCC[C@H]1C(=O)CCC(=O)[C@@H]1CCCN1C(=O)OC(C)(C)C. The lowest BCUT2D eigenvalue weighted by molar-refractivity contribution is -0.128. The maximum Gasteiger partial charge on any atom is 0.410 e. The molecule has 2 heterocycles. The first-order chi connectivity index (χ1) is 13.8. The van der Waals surface area contributed by atoms with E-state index in [0.717, 1.165) is 12.8 Å². The molecule has 0 aliphatic carbocycles. The second-order valence-electron chi connectivity index (χ2n) is 10.1. The maximum absolute atomic E-state index is 12.7. The van der Waals surface area contributed by atoms with Gasteiger partial charge in [0, 0.05) is 25.9 Å². The van der Waals surface area contributed by atoms with Crippen molar-refractivity contribution < 1.29 is 28.7 Å². The van der Waals surface area contributed by atoms with Crippen molar-refractivity contribution in [1.29, 1.82) is 0 Å². The minimum absolute atomic E-state index is 0.0570. The highest BCUT2D eigenvalue weighted by Crippen LogP contribution is 2.25. The first-order valence-electron chi connectivity index (χ1n) is 10.8. The van der Waals surface area contributed by atoms with Crippen LogP contribution in [0.2, 0.25) is 0 Å². The fourth-order valence-electron chi connectivity index (χ4n) is 3.86. The molecule has 2 fully saturated rings. The molecule has 0 radical (unpaired) electrons. The number of nitrogens with zero attached hydrogens (tertiary/aromatic N) is 2. The zero-order valence-corrected chi connectivity index (χ0v) is 19.2. The molecule has 0 N–H and O–H groups in total. The molecule has 2 rings (SSSR count). The van der Waals surface area contributed by atoms with Crippen LogP contribution in [0.5, 0.6) is 0 Å². The highest BCUT2D eigenvalue weighted by Gasteiger charge is 2.39. The zero-order valence-electron chi connectivity index (χ0n) is 19.2. The highest BCUT2D eigenvalue weighted by molar-refractivity contribution is 5.94. The summed E-state index contributed by atoms with van der Waals surface area (Å²) in [5.74, 6) is -0.262. The number of carbonyl (C=O) groups excluding carboxylic acids is 4. The largest absolute Gasteiger partial charge is 0.444 e. The third-order valence-corrected chi connectivity index (χ3v) is 5.12. The number of hydrogen-bond acceptors (Lipinski definition) is 6. The summed E-state index contributed by atoms with van der Waals surface area (Å²) in [6.45, 7) is 11.7. The Balaban J connectivity index is 1.91. The Kier molecular flexibility index (Phi) is 7.53. The van der Waals surface area contributed by atoms with Crippen LogP contribution < -0.4 is 0 Å². The summed E-state index contributed by atoms with van der Waals surface area (Å²) in [5, 5.41) is 0. The minimum Gasteiger partial charge on any atom is -0.444 e. The van der Waals surface area contributed by atoms with E-state index in [-0.39, 0.29) is 24.4 Å². The van der Waals surface area contributed by atoms with E-state index in [2.05, 4.69) is 0 Å². The summed E-state index contributed by atoms with van der Waals surface area (Å²) in [6.07, 6.45) is 1.77. The molecule has 0 bridgehead atoms. The van der Waals surface area contributed by atoms with Crippen LogP contribution in [0.15, 0.2) is 0 Å². The van der Waals surface area contributed by atoms with Crippen LogP contribution in [-0.2, 0) is 19.1 Å². The Morgan fingerprint density at radius 2 is 1.03 bits per heavy atom. The molecule has 8 nitrogen and oxygen atoms in total. The number of ether oxygens (including phenoxy) is 2. The van der Waals surface area contributed by atoms with E-state index >= 15 is 0 Å². The molecule has 30 heavy (non-hydrogen) atoms. The van der Waals surface area contributed by atoms with Crippen molar-refractivity contribution in [1.82, 2.24) is 9.80 Å². The van der Waals surface area contributed by atoms with Gasteiger partial charge in [-0.15, -0.1) is 0 Å². The van der Waals surface area contributed by atoms with E-state index < -0.39 is 35.5 Å². The van der Waals surface area contributed by atoms with Crippen molar-refractivity contribution in [2.75, 3.05) is 13.1 Å². The first-order valence-corrected chi connectivity index (χ1v) is 10.8. The molecular weight excluding hydrogens is 388 g/mol. The van der Waals surface area contributed by atoms with Crippen LogP contribution >= 0.6 is 0 Å². The highest BCUT2D eigenvalue weighted by atomic mass is 16.6. The van der Waals surface area contributed by atoms with Crippen molar-refractivity contribution in [3.8, 4) is 0 Å². The van der Waals surface area contributed by atoms with Gasteiger partial charge < -0.3 is 9.47 Å². The molecule has 8 heteroatoms. The summed E-state index contributed by atoms with van der Waals surface area (Å²) in [7, 11) is 0. The minimum atomic E-state index is -0.628. The summed E-state index contributed by atoms with van der Waals surface area (Å²) >= 11 is 0. The van der Waals surface area contributed by atoms with Gasteiger partial charge in [-0.3, -0.25) is 19.4 Å². The van der Waals surface area contributed by atoms with E-state index in [1.54, 1.807) is 41.5 Å². The average molecular weight is 425 g/mol. The molecule has 2 saturated heterocycles. The Hall–Kier alpha value is -2.12. The lowest BCUT2D eigenvalue weighted by atomic mass is 10.00. The second-order valence-corrected chi connectivity index (χ2v) is 10.1. The monoisotopic (exact) mass is 424 g/mol. The number of rotatable bonds is 5. The van der Waals surface area contributed by atoms with Gasteiger partial charge in [-0.05, 0) is 67.2 Å². The molecule has 2 aliphatic heterocycles. The number of amides is 2. The molecule has 2 aliphatic rings. The summed E-state index contributed by atoms with van der Waals surface area (Å²) in [5.41, 5.74) is -1.26. The molecule has 0 aromatic carbocycles. The third-order valence-electron chi connectivity index (χ3n) is 5.12. The number of Topliss-reactive ketones (excluding diaryl/α,β-unsaturated/α-hetero) is 2. The smallest absolute Gasteiger partial charge is 0.410 e. The van der Waals surface area contributed by atoms with Crippen molar-refractivity contribution >= 4 is 23.8 Å². The van der Waals surface area contributed by atoms with Crippen LogP contribution in [0, 0.1) is 0 Å². The van der Waals surface area contributed by atoms with E-state index in [9.17, 15) is 19.2 Å². The molecule has 2 atom stereocenters. The fourth-order valence-corrected chi connectivity index (χ4v) is 3.86. The van der Waals surface area contributed by atoms with Gasteiger partial charge in [0.25, 0.3) is 0 Å². The summed E-state index contributed by atoms with van der Waals surface area (Å²) in [4.78, 5) is 53.2. The lowest BCUT2D eigenvalue weighted by Crippen LogP contribution is -2.44. The number of hydrogen-bond donors (Lipinski definition) is 0. The Morgan fingerprint density at radius 3 is 1.33 bits per heavy atom. The van der Waals surface area contributed by atoms with Gasteiger partial charge in [-0.2, -0.15) is 0 Å². The predicted molar refractivity (Wildman–Crippen MR) is 111 cm³/mol. The van der Waals surface area contributed by atoms with Crippen molar-refractivity contribution in [2.45, 2.75) is 103 Å². The predicted octanol–water partition coefficient (Wildman–Crippen LogP) is 3.70. The van der Waals surface area contributed by atoms with Crippen molar-refractivity contribution in [3.63, 3.8) is 0 Å². The van der Waals surface area contributed by atoms with Crippen LogP contribution in [-0.4, -0.2) is 69.9 Å². The van der Waals surface area contributed by atoms with Crippen molar-refractivity contribution in [3.05, 3.63) is 0 Å². The van der Waals surface area contributed by atoms with Crippen LogP contribution in [0.25, 0.3) is 0 Å². The van der Waals surface area contributed by atoms with Gasteiger partial charge in [-0.1, -0.05) is 0 Å². The van der Waals surface area contributed by atoms with Gasteiger partial charge in [0.15, 0.2) is 11.6 Å².